The topological polar surface area (TPSA) is 12.5 Å². The van der Waals surface area contributed by atoms with Gasteiger partial charge in [-0.05, 0) is 12.8 Å². The Labute approximate surface area is 120 Å². The Morgan fingerprint density at radius 1 is 0.895 bits per heavy atom. The first-order chi connectivity index (χ1) is 9.38. The van der Waals surface area contributed by atoms with Crippen molar-refractivity contribution < 1.29 is 4.74 Å². The summed E-state index contributed by atoms with van der Waals surface area (Å²) in [6, 6.07) is 0. The lowest BCUT2D eigenvalue weighted by atomic mass is 10.0. The number of allylic oxidation sites excluding steroid dienone is 2. The molecule has 0 amide bonds. The van der Waals surface area contributed by atoms with Crippen molar-refractivity contribution in [3.8, 4) is 0 Å². The lowest BCUT2D eigenvalue weighted by molar-refractivity contribution is 0.358. The molecule has 1 heterocycles. The Bertz CT molecular complexity index is 244. The standard InChI is InChI=1S/C18H32O/c1-3-5-7-8-9-10-11-12-14-16-18-17(19-18)15-13-6-4-2/h4,6,13,17-18H,2-3,5,7-12,14-16H2,1H3/b13-6+/t17-,18+/m1/s1. The maximum absolute atomic E-state index is 5.65. The molecule has 0 aromatic carbocycles. The Morgan fingerprint density at radius 2 is 1.53 bits per heavy atom. The van der Waals surface area contributed by atoms with E-state index < -0.39 is 0 Å². The zero-order chi connectivity index (χ0) is 13.8. The summed E-state index contributed by atoms with van der Waals surface area (Å²) in [5.41, 5.74) is 0. The largest absolute Gasteiger partial charge is 0.369 e. The maximum Gasteiger partial charge on any atom is 0.0876 e. The van der Waals surface area contributed by atoms with Crippen LogP contribution >= 0.6 is 0 Å². The summed E-state index contributed by atoms with van der Waals surface area (Å²) in [6.07, 6.45) is 22.1. The van der Waals surface area contributed by atoms with Gasteiger partial charge in [-0.3, -0.25) is 0 Å². The first-order valence-electron chi connectivity index (χ1n) is 8.31. The van der Waals surface area contributed by atoms with Gasteiger partial charge < -0.3 is 4.74 Å². The molecule has 0 unspecified atom stereocenters. The molecule has 1 aliphatic rings. The van der Waals surface area contributed by atoms with Crippen LogP contribution in [-0.4, -0.2) is 12.2 Å². The molecule has 1 heteroatoms. The minimum Gasteiger partial charge on any atom is -0.369 e. The smallest absolute Gasteiger partial charge is 0.0876 e. The number of hydrogen-bond donors (Lipinski definition) is 0. The van der Waals surface area contributed by atoms with Crippen LogP contribution in [0.15, 0.2) is 24.8 Å². The summed E-state index contributed by atoms with van der Waals surface area (Å²) in [5.74, 6) is 0. The predicted molar refractivity (Wildman–Crippen MR) is 84.5 cm³/mol. The fourth-order valence-corrected chi connectivity index (χ4v) is 2.61. The van der Waals surface area contributed by atoms with Gasteiger partial charge in [-0.1, -0.05) is 89.5 Å². The van der Waals surface area contributed by atoms with Gasteiger partial charge >= 0.3 is 0 Å². The number of epoxide rings is 1. The van der Waals surface area contributed by atoms with Crippen molar-refractivity contribution in [1.29, 1.82) is 0 Å². The molecule has 0 spiro atoms. The molecule has 19 heavy (non-hydrogen) atoms. The minimum absolute atomic E-state index is 0.505. The second-order valence-electron chi connectivity index (χ2n) is 5.73. The normalized spacial score (nSPS) is 21.9. The third kappa shape index (κ3) is 9.04. The monoisotopic (exact) mass is 264 g/mol. The van der Waals surface area contributed by atoms with E-state index in [1.54, 1.807) is 0 Å². The van der Waals surface area contributed by atoms with Crippen molar-refractivity contribution in [2.24, 2.45) is 0 Å². The lowest BCUT2D eigenvalue weighted by Gasteiger charge is -2.01. The van der Waals surface area contributed by atoms with Gasteiger partial charge in [0, 0.05) is 0 Å². The zero-order valence-electron chi connectivity index (χ0n) is 12.8. The fourth-order valence-electron chi connectivity index (χ4n) is 2.61. The zero-order valence-corrected chi connectivity index (χ0v) is 12.8. The Kier molecular flexibility index (Phi) is 9.79. The van der Waals surface area contributed by atoms with Gasteiger partial charge in [0.05, 0.1) is 12.2 Å². The Morgan fingerprint density at radius 3 is 2.16 bits per heavy atom. The summed E-state index contributed by atoms with van der Waals surface area (Å²) >= 11 is 0. The molecule has 0 N–H and O–H groups in total. The van der Waals surface area contributed by atoms with E-state index in [0.717, 1.165) is 6.42 Å². The van der Waals surface area contributed by atoms with Gasteiger partial charge in [-0.15, -0.1) is 0 Å². The van der Waals surface area contributed by atoms with Crippen LogP contribution in [0, 0.1) is 0 Å². The van der Waals surface area contributed by atoms with E-state index in [2.05, 4.69) is 19.6 Å². The van der Waals surface area contributed by atoms with Crippen LogP contribution in [0.1, 0.15) is 77.6 Å². The molecule has 1 rings (SSSR count). The molecule has 1 fully saturated rings. The highest BCUT2D eigenvalue weighted by Crippen LogP contribution is 2.30. The average molecular weight is 264 g/mol. The molecular formula is C18H32O. The molecule has 0 aromatic rings. The highest BCUT2D eigenvalue weighted by molar-refractivity contribution is 5.01. The van der Waals surface area contributed by atoms with Crippen LogP contribution in [-0.2, 0) is 4.74 Å². The third-order valence-electron chi connectivity index (χ3n) is 3.92. The van der Waals surface area contributed by atoms with Crippen molar-refractivity contribution in [2.75, 3.05) is 0 Å². The molecule has 0 bridgehead atoms. The van der Waals surface area contributed by atoms with Crippen molar-refractivity contribution in [1.82, 2.24) is 0 Å². The molecule has 1 aliphatic heterocycles. The molecule has 0 saturated carbocycles. The summed E-state index contributed by atoms with van der Waals surface area (Å²) in [7, 11) is 0. The van der Waals surface area contributed by atoms with E-state index in [1.165, 1.54) is 64.2 Å². The van der Waals surface area contributed by atoms with Gasteiger partial charge in [-0.25, -0.2) is 0 Å². The molecule has 2 atom stereocenters. The quantitative estimate of drug-likeness (QED) is 0.232. The summed E-state index contributed by atoms with van der Waals surface area (Å²) in [4.78, 5) is 0. The van der Waals surface area contributed by atoms with Crippen LogP contribution < -0.4 is 0 Å². The van der Waals surface area contributed by atoms with Gasteiger partial charge in [0.1, 0.15) is 0 Å². The van der Waals surface area contributed by atoms with Crippen molar-refractivity contribution >= 4 is 0 Å². The van der Waals surface area contributed by atoms with E-state index >= 15 is 0 Å². The highest BCUT2D eigenvalue weighted by atomic mass is 16.6. The summed E-state index contributed by atoms with van der Waals surface area (Å²) < 4.78 is 5.65. The molecule has 0 aromatic heterocycles. The van der Waals surface area contributed by atoms with Crippen molar-refractivity contribution in [3.05, 3.63) is 24.8 Å². The first-order valence-corrected chi connectivity index (χ1v) is 8.31. The van der Waals surface area contributed by atoms with Gasteiger partial charge in [0.2, 0.25) is 0 Å². The third-order valence-corrected chi connectivity index (χ3v) is 3.92. The van der Waals surface area contributed by atoms with Gasteiger partial charge in [0.25, 0.3) is 0 Å². The maximum atomic E-state index is 5.65. The van der Waals surface area contributed by atoms with E-state index in [-0.39, 0.29) is 0 Å². The van der Waals surface area contributed by atoms with E-state index in [9.17, 15) is 0 Å². The molecule has 110 valence electrons. The fraction of sp³-hybridized carbons (Fsp3) is 0.778. The molecule has 0 aliphatic carbocycles. The van der Waals surface area contributed by atoms with E-state index in [0.29, 0.717) is 12.2 Å². The minimum atomic E-state index is 0.505. The SMILES string of the molecule is C=C/C=C/C[C@H]1O[C@H]1CCCCCCCCCCC. The Hall–Kier alpha value is -0.560. The molecule has 1 nitrogen and oxygen atoms in total. The average Bonchev–Trinajstić information content (AvgIpc) is 3.16. The first kappa shape index (κ1) is 16.5. The van der Waals surface area contributed by atoms with Crippen LogP contribution in [0.4, 0.5) is 0 Å². The van der Waals surface area contributed by atoms with Crippen LogP contribution in [0.2, 0.25) is 0 Å². The number of ether oxygens (including phenoxy) is 1. The molecule has 1 saturated heterocycles. The van der Waals surface area contributed by atoms with Crippen LogP contribution in [0.5, 0.6) is 0 Å². The van der Waals surface area contributed by atoms with Crippen molar-refractivity contribution in [2.45, 2.75) is 89.8 Å². The van der Waals surface area contributed by atoms with Gasteiger partial charge in [-0.2, -0.15) is 0 Å². The van der Waals surface area contributed by atoms with Crippen LogP contribution in [0.25, 0.3) is 0 Å². The number of hydrogen-bond acceptors (Lipinski definition) is 1. The molecule has 0 radical (unpaired) electrons. The second kappa shape index (κ2) is 11.3. The number of rotatable bonds is 13. The van der Waals surface area contributed by atoms with E-state index in [1.807, 2.05) is 12.2 Å². The number of unbranched alkanes of at least 4 members (excludes halogenated alkanes) is 8. The van der Waals surface area contributed by atoms with Crippen LogP contribution in [0.3, 0.4) is 0 Å². The predicted octanol–water partition coefficient (Wildman–Crippen LogP) is 5.81. The Balaban J connectivity index is 1.77. The van der Waals surface area contributed by atoms with Crippen molar-refractivity contribution in [3.63, 3.8) is 0 Å². The summed E-state index contributed by atoms with van der Waals surface area (Å²) in [6.45, 7) is 5.95. The second-order valence-corrected chi connectivity index (χ2v) is 5.73. The van der Waals surface area contributed by atoms with E-state index in [4.69, 9.17) is 4.74 Å². The van der Waals surface area contributed by atoms with Gasteiger partial charge in [0.15, 0.2) is 0 Å². The lowest BCUT2D eigenvalue weighted by Crippen LogP contribution is -1.92. The summed E-state index contributed by atoms with van der Waals surface area (Å²) in [5, 5.41) is 0. The molecular weight excluding hydrogens is 232 g/mol. The highest BCUT2D eigenvalue weighted by Gasteiger charge is 2.36.